The normalized spacial score (nSPS) is 24.7. The molecule has 1 saturated carbocycles. The number of hydrogen-bond donors (Lipinski definition) is 0. The topological polar surface area (TPSA) is 21.7 Å². The minimum atomic E-state index is -1.51. The summed E-state index contributed by atoms with van der Waals surface area (Å²) in [5.41, 5.74) is 5.64. The molecule has 1 saturated heterocycles. The molecule has 1 atom stereocenters. The highest BCUT2D eigenvalue weighted by molar-refractivity contribution is 6.80. The third-order valence-corrected chi connectivity index (χ3v) is 11.8. The number of hydrogen-bond acceptors (Lipinski definition) is 3. The lowest BCUT2D eigenvalue weighted by Crippen LogP contribution is -2.51. The number of rotatable bonds is 7. The average Bonchev–Trinajstić information content (AvgIpc) is 3.20. The van der Waals surface area contributed by atoms with E-state index in [-0.39, 0.29) is 6.04 Å². The number of nitrogens with zero attached hydrogens (tertiary/aromatic N) is 1. The second kappa shape index (κ2) is 10.3. The van der Waals surface area contributed by atoms with E-state index in [1.165, 1.54) is 48.8 Å². The van der Waals surface area contributed by atoms with E-state index in [0.29, 0.717) is 11.6 Å². The summed E-state index contributed by atoms with van der Waals surface area (Å²) in [5.74, 6) is 1.10. The smallest absolute Gasteiger partial charge is 0.125 e. The fourth-order valence-electron chi connectivity index (χ4n) is 6.48. The van der Waals surface area contributed by atoms with Crippen LogP contribution in [-0.4, -0.2) is 51.9 Å². The molecular weight excluding hydrogens is 422 g/mol. The minimum absolute atomic E-state index is 0.284. The molecule has 1 aliphatic heterocycles. The van der Waals surface area contributed by atoms with Gasteiger partial charge in [-0.3, -0.25) is 4.90 Å². The van der Waals surface area contributed by atoms with Crippen LogP contribution in [0.1, 0.15) is 51.5 Å². The summed E-state index contributed by atoms with van der Waals surface area (Å²) in [5, 5.41) is 0.327. The molecule has 1 unspecified atom stereocenters. The van der Waals surface area contributed by atoms with E-state index in [1.54, 1.807) is 5.57 Å². The van der Waals surface area contributed by atoms with Crippen molar-refractivity contribution in [3.8, 4) is 0 Å². The fraction of sp³-hybridized carbons (Fsp3) is 0.586. The van der Waals surface area contributed by atoms with Gasteiger partial charge in [0.05, 0.1) is 33.9 Å². The van der Waals surface area contributed by atoms with Crippen LogP contribution in [0.3, 0.4) is 0 Å². The highest BCUT2D eigenvalue weighted by atomic mass is 28.3. The first-order valence-corrected chi connectivity index (χ1v) is 16.6. The summed E-state index contributed by atoms with van der Waals surface area (Å²) in [6.07, 6.45) is 11.5. The van der Waals surface area contributed by atoms with Crippen molar-refractivity contribution in [2.24, 2.45) is 0 Å². The largest absolute Gasteiger partial charge is 0.494 e. The molecule has 3 nitrogen and oxygen atoms in total. The van der Waals surface area contributed by atoms with Crippen LogP contribution in [0.5, 0.6) is 0 Å². The first kappa shape index (κ1) is 24.5. The first-order valence-electron chi connectivity index (χ1n) is 13.1. The van der Waals surface area contributed by atoms with Crippen LogP contribution >= 0.6 is 0 Å². The average molecular weight is 466 g/mol. The molecule has 2 aliphatic carbocycles. The summed E-state index contributed by atoms with van der Waals surface area (Å²) in [6.45, 7) is 16.4. The van der Waals surface area contributed by atoms with Gasteiger partial charge < -0.3 is 9.47 Å². The van der Waals surface area contributed by atoms with Crippen LogP contribution in [0.4, 0.5) is 0 Å². The Labute approximate surface area is 202 Å². The molecule has 0 spiro atoms. The predicted molar refractivity (Wildman–Crippen MR) is 142 cm³/mol. The van der Waals surface area contributed by atoms with Gasteiger partial charge in [0, 0.05) is 18.7 Å². The van der Waals surface area contributed by atoms with Gasteiger partial charge in [0.1, 0.15) is 5.76 Å². The molecule has 1 aromatic rings. The van der Waals surface area contributed by atoms with Crippen molar-refractivity contribution in [3.63, 3.8) is 0 Å². The Morgan fingerprint density at radius 3 is 2.33 bits per heavy atom. The lowest BCUT2D eigenvalue weighted by Gasteiger charge is -2.51. The molecule has 0 aromatic heterocycles. The Bertz CT molecular complexity index is 897. The van der Waals surface area contributed by atoms with E-state index >= 15 is 0 Å². The van der Waals surface area contributed by atoms with Crippen LogP contribution in [-0.2, 0) is 9.47 Å². The van der Waals surface area contributed by atoms with E-state index < -0.39 is 8.07 Å². The molecule has 0 radical (unpaired) electrons. The minimum Gasteiger partial charge on any atom is -0.494 e. The van der Waals surface area contributed by atoms with Crippen LogP contribution in [0, 0.1) is 0 Å². The third-order valence-electron chi connectivity index (χ3n) is 8.19. The molecule has 1 aromatic carbocycles. The quantitative estimate of drug-likeness (QED) is 0.402. The zero-order valence-corrected chi connectivity index (χ0v) is 22.5. The van der Waals surface area contributed by atoms with Gasteiger partial charge in [0.15, 0.2) is 0 Å². The molecule has 4 rings (SSSR count). The SMILES string of the molecule is C/C=C(/C1=C(OCC)C=C(C2([Si](C)(C)C)CCCCC2)C1N1CCOCC1)c1ccccc1. The van der Waals surface area contributed by atoms with Gasteiger partial charge in [-0.05, 0) is 54.5 Å². The Morgan fingerprint density at radius 2 is 1.76 bits per heavy atom. The maximum Gasteiger partial charge on any atom is 0.125 e. The highest BCUT2D eigenvalue weighted by Crippen LogP contribution is 2.60. The maximum absolute atomic E-state index is 6.44. The first-order chi connectivity index (χ1) is 15.9. The van der Waals surface area contributed by atoms with Gasteiger partial charge in [-0.1, -0.05) is 75.3 Å². The summed E-state index contributed by atoms with van der Waals surface area (Å²) >= 11 is 0. The predicted octanol–water partition coefficient (Wildman–Crippen LogP) is 7.06. The van der Waals surface area contributed by atoms with Crippen molar-refractivity contribution in [2.75, 3.05) is 32.9 Å². The lowest BCUT2D eigenvalue weighted by molar-refractivity contribution is 0.0286. The molecule has 4 heteroatoms. The van der Waals surface area contributed by atoms with Crippen molar-refractivity contribution in [2.45, 2.75) is 76.7 Å². The lowest BCUT2D eigenvalue weighted by atomic mass is 9.78. The van der Waals surface area contributed by atoms with Crippen LogP contribution in [0.2, 0.25) is 24.7 Å². The highest BCUT2D eigenvalue weighted by Gasteiger charge is 2.52. The van der Waals surface area contributed by atoms with Crippen molar-refractivity contribution in [1.82, 2.24) is 4.90 Å². The molecule has 0 amide bonds. The molecule has 1 heterocycles. The van der Waals surface area contributed by atoms with Crippen LogP contribution in [0.25, 0.3) is 5.57 Å². The van der Waals surface area contributed by atoms with Gasteiger partial charge in [0.2, 0.25) is 0 Å². The number of benzene rings is 1. The van der Waals surface area contributed by atoms with Crippen molar-refractivity contribution in [3.05, 3.63) is 65.0 Å². The van der Waals surface area contributed by atoms with Gasteiger partial charge in [-0.15, -0.1) is 0 Å². The summed E-state index contributed by atoms with van der Waals surface area (Å²) < 4.78 is 12.2. The standard InChI is InChI=1S/C29H43NO2Si/c1-6-24(23-14-10-8-11-15-23)27-26(32-7-2)22-25(28(27)30-18-20-31-21-19-30)29(33(3,4)5)16-12-9-13-17-29/h6,8,10-11,14-15,22,28H,7,9,12-13,16-21H2,1-5H3/b24-6+. The summed E-state index contributed by atoms with van der Waals surface area (Å²) in [6, 6.07) is 11.2. The molecule has 3 aliphatic rings. The van der Waals surface area contributed by atoms with E-state index in [1.807, 2.05) is 0 Å². The summed E-state index contributed by atoms with van der Waals surface area (Å²) in [7, 11) is -1.51. The molecule has 0 N–H and O–H groups in total. The number of allylic oxidation sites excluding steroid dienone is 2. The molecule has 0 bridgehead atoms. The van der Waals surface area contributed by atoms with Gasteiger partial charge in [-0.2, -0.15) is 0 Å². The Kier molecular flexibility index (Phi) is 7.67. The third kappa shape index (κ3) is 4.67. The zero-order chi connectivity index (χ0) is 23.5. The monoisotopic (exact) mass is 465 g/mol. The van der Waals surface area contributed by atoms with Gasteiger partial charge in [-0.25, -0.2) is 0 Å². The number of ether oxygens (including phenoxy) is 2. The van der Waals surface area contributed by atoms with Crippen molar-refractivity contribution >= 4 is 13.6 Å². The molecule has 180 valence electrons. The Balaban J connectivity index is 1.88. The van der Waals surface area contributed by atoms with E-state index in [9.17, 15) is 0 Å². The Hall–Kier alpha value is -1.62. The van der Waals surface area contributed by atoms with Crippen molar-refractivity contribution in [1.29, 1.82) is 0 Å². The molecule has 2 fully saturated rings. The number of morpholine rings is 1. The van der Waals surface area contributed by atoms with Crippen LogP contribution in [0.15, 0.2) is 59.4 Å². The maximum atomic E-state index is 6.44. The van der Waals surface area contributed by atoms with Gasteiger partial charge in [0.25, 0.3) is 0 Å². The van der Waals surface area contributed by atoms with E-state index in [2.05, 4.69) is 80.9 Å². The molecular formula is C29H43NO2Si. The zero-order valence-electron chi connectivity index (χ0n) is 21.5. The Morgan fingerprint density at radius 1 is 1.09 bits per heavy atom. The fourth-order valence-corrected chi connectivity index (χ4v) is 9.41. The summed E-state index contributed by atoms with van der Waals surface area (Å²) in [4.78, 5) is 2.69. The second-order valence-electron chi connectivity index (χ2n) is 10.8. The van der Waals surface area contributed by atoms with Crippen molar-refractivity contribution < 1.29 is 9.47 Å². The van der Waals surface area contributed by atoms with E-state index in [0.717, 1.165) is 32.1 Å². The van der Waals surface area contributed by atoms with Gasteiger partial charge >= 0.3 is 0 Å². The van der Waals surface area contributed by atoms with Crippen LogP contribution < -0.4 is 0 Å². The van der Waals surface area contributed by atoms with E-state index in [4.69, 9.17) is 9.47 Å². The second-order valence-corrected chi connectivity index (χ2v) is 16.3. The molecule has 33 heavy (non-hydrogen) atoms.